The molecule has 7 heteroatoms. The van der Waals surface area contributed by atoms with Crippen molar-refractivity contribution in [3.05, 3.63) is 139 Å². The Hall–Kier alpha value is -4.39. The topological polar surface area (TPSA) is 78.8 Å². The molecule has 0 radical (unpaired) electrons. The van der Waals surface area contributed by atoms with Crippen molar-refractivity contribution in [2.24, 2.45) is 0 Å². The summed E-state index contributed by atoms with van der Waals surface area (Å²) in [4.78, 5) is 0. The molecule has 0 unspecified atom stereocenters. The second-order valence-electron chi connectivity index (χ2n) is 16.0. The molecule has 0 bridgehead atoms. The summed E-state index contributed by atoms with van der Waals surface area (Å²) in [6.45, 7) is 43.2. The first-order valence-corrected chi connectivity index (χ1v) is 19.8. The molecule has 0 atom stereocenters. The SMILES string of the molecule is Cc1c(F)coc1C(C)C.Cc1coc(C(C)C)c1C.Cc1coc(C)c1C.Cc1coc(C)c1C.Cc1occ(C(C)C)c1C.Cc1occ(C(C)C)c1C. The first kappa shape index (κ1) is 49.6. The van der Waals surface area contributed by atoms with Gasteiger partial charge in [-0.05, 0) is 157 Å². The molecule has 56 heavy (non-hydrogen) atoms. The van der Waals surface area contributed by atoms with E-state index in [0.29, 0.717) is 23.3 Å². The van der Waals surface area contributed by atoms with Crippen LogP contribution in [0.1, 0.15) is 175 Å². The third-order valence-electron chi connectivity index (χ3n) is 10.3. The van der Waals surface area contributed by atoms with Gasteiger partial charge in [0.15, 0.2) is 5.82 Å². The molecule has 6 aromatic rings. The van der Waals surface area contributed by atoms with E-state index >= 15 is 0 Å². The van der Waals surface area contributed by atoms with Crippen LogP contribution in [0.25, 0.3) is 0 Å². The lowest BCUT2D eigenvalue weighted by atomic mass is 10.0. The van der Waals surface area contributed by atoms with E-state index in [2.05, 4.69) is 83.1 Å². The van der Waals surface area contributed by atoms with Crippen molar-refractivity contribution in [2.45, 2.75) is 169 Å². The van der Waals surface area contributed by atoms with Gasteiger partial charge < -0.3 is 26.5 Å². The van der Waals surface area contributed by atoms with Crippen LogP contribution in [0.4, 0.5) is 4.39 Å². The molecule has 0 fully saturated rings. The molecule has 0 aliphatic rings. The zero-order chi connectivity index (χ0) is 43.2. The third kappa shape index (κ3) is 14.6. The summed E-state index contributed by atoms with van der Waals surface area (Å²) in [6, 6.07) is 0. The molecule has 0 saturated carbocycles. The van der Waals surface area contributed by atoms with Crippen molar-refractivity contribution in [3.63, 3.8) is 0 Å². The lowest BCUT2D eigenvalue weighted by molar-refractivity contribution is 0.474. The van der Waals surface area contributed by atoms with E-state index in [-0.39, 0.29) is 11.7 Å². The first-order valence-electron chi connectivity index (χ1n) is 19.8. The molecule has 6 nitrogen and oxygen atoms in total. The van der Waals surface area contributed by atoms with Crippen LogP contribution in [0.3, 0.4) is 0 Å². The smallest absolute Gasteiger partial charge is 0.164 e. The predicted octanol–water partition coefficient (Wildman–Crippen LogP) is 16.3. The standard InChI is InChI=1S/3C9H14O.C8H11FO.2C7H10O/c2*1-6(2)9-5-10-8(4)7(9)3;1-6(2)9-8(4)7(3)5-10-9;1-5(2)8-6(3)7(9)4-10-8;2*1-5-4-8-7(3)6(5)2/h3*5-6H,1-4H3;4-5H,1-3H3;2*4H,1-3H3. The summed E-state index contributed by atoms with van der Waals surface area (Å²) in [5.41, 5.74) is 13.5. The zero-order valence-corrected chi connectivity index (χ0v) is 38.6. The molecule has 0 aliphatic carbocycles. The fourth-order valence-corrected chi connectivity index (χ4v) is 5.54. The molecule has 0 aromatic carbocycles. The quantitative estimate of drug-likeness (QED) is 0.177. The van der Waals surface area contributed by atoms with Crippen LogP contribution in [0.2, 0.25) is 0 Å². The fraction of sp³-hybridized carbons (Fsp3) is 0.510. The van der Waals surface area contributed by atoms with Gasteiger partial charge in [0.25, 0.3) is 0 Å². The zero-order valence-electron chi connectivity index (χ0n) is 38.6. The molecule has 312 valence electrons. The van der Waals surface area contributed by atoms with Crippen molar-refractivity contribution in [3.8, 4) is 0 Å². The van der Waals surface area contributed by atoms with Gasteiger partial charge in [-0.15, -0.1) is 0 Å². The lowest BCUT2D eigenvalue weighted by Gasteiger charge is -2.00. The summed E-state index contributed by atoms with van der Waals surface area (Å²) in [5.74, 6) is 7.71. The lowest BCUT2D eigenvalue weighted by Crippen LogP contribution is -1.86. The third-order valence-corrected chi connectivity index (χ3v) is 10.3. The van der Waals surface area contributed by atoms with E-state index in [0.717, 1.165) is 40.8 Å². The molecule has 6 aromatic heterocycles. The van der Waals surface area contributed by atoms with Crippen LogP contribution in [0, 0.1) is 95.8 Å². The van der Waals surface area contributed by atoms with Gasteiger partial charge in [-0.2, -0.15) is 0 Å². The number of aryl methyl sites for hydroxylation is 7. The molecule has 0 saturated heterocycles. The molecule has 0 spiro atoms. The highest BCUT2D eigenvalue weighted by molar-refractivity contribution is 5.29. The Kier molecular flexibility index (Phi) is 20.4. The van der Waals surface area contributed by atoms with Crippen molar-refractivity contribution in [1.29, 1.82) is 0 Å². The maximum atomic E-state index is 12.6. The highest BCUT2D eigenvalue weighted by atomic mass is 19.1. The van der Waals surface area contributed by atoms with Gasteiger partial charge in [0.05, 0.1) is 31.3 Å². The van der Waals surface area contributed by atoms with Gasteiger partial charge in [0.2, 0.25) is 0 Å². The highest BCUT2D eigenvalue weighted by Crippen LogP contribution is 2.25. The number of rotatable bonds is 4. The Labute approximate surface area is 338 Å². The van der Waals surface area contributed by atoms with Crippen LogP contribution >= 0.6 is 0 Å². The molecular weight excluding hydrogens is 704 g/mol. The van der Waals surface area contributed by atoms with Crippen molar-refractivity contribution >= 4 is 0 Å². The average molecular weight is 777 g/mol. The Bertz CT molecular complexity index is 1730. The minimum atomic E-state index is -0.247. The van der Waals surface area contributed by atoms with E-state index < -0.39 is 0 Å². The van der Waals surface area contributed by atoms with Crippen LogP contribution < -0.4 is 0 Å². The van der Waals surface area contributed by atoms with Gasteiger partial charge in [0.1, 0.15) is 40.8 Å². The predicted molar refractivity (Wildman–Crippen MR) is 230 cm³/mol. The summed E-state index contributed by atoms with van der Waals surface area (Å²) >= 11 is 0. The average Bonchev–Trinajstić information content (AvgIpc) is 3.97. The molecule has 6 rings (SSSR count). The maximum Gasteiger partial charge on any atom is 0.164 e. The van der Waals surface area contributed by atoms with Crippen LogP contribution in [0.5, 0.6) is 0 Å². The first-order chi connectivity index (χ1) is 25.9. The van der Waals surface area contributed by atoms with Crippen molar-refractivity contribution in [2.75, 3.05) is 0 Å². The van der Waals surface area contributed by atoms with Gasteiger partial charge in [-0.3, -0.25) is 0 Å². The van der Waals surface area contributed by atoms with Crippen molar-refractivity contribution < 1.29 is 30.9 Å². The van der Waals surface area contributed by atoms with E-state index in [1.54, 1.807) is 19.5 Å². The van der Waals surface area contributed by atoms with Crippen LogP contribution in [-0.2, 0) is 0 Å². The Morgan fingerprint density at radius 3 is 0.732 bits per heavy atom. The normalized spacial score (nSPS) is 10.6. The number of furan rings is 6. The summed E-state index contributed by atoms with van der Waals surface area (Å²) in [5, 5.41) is 0. The summed E-state index contributed by atoms with van der Waals surface area (Å²) < 4.78 is 43.6. The van der Waals surface area contributed by atoms with Gasteiger partial charge in [0, 0.05) is 17.4 Å². The fourth-order valence-electron chi connectivity index (χ4n) is 5.54. The van der Waals surface area contributed by atoms with Crippen LogP contribution in [-0.4, -0.2) is 0 Å². The van der Waals surface area contributed by atoms with E-state index in [1.807, 2.05) is 74.2 Å². The molecule has 0 aliphatic heterocycles. The Morgan fingerprint density at radius 1 is 0.321 bits per heavy atom. The Balaban J connectivity index is 0.000000337. The minimum absolute atomic E-state index is 0.247. The van der Waals surface area contributed by atoms with E-state index in [1.165, 1.54) is 55.6 Å². The van der Waals surface area contributed by atoms with E-state index in [9.17, 15) is 4.39 Å². The Morgan fingerprint density at radius 2 is 0.607 bits per heavy atom. The number of halogens is 1. The molecule has 0 N–H and O–H groups in total. The van der Waals surface area contributed by atoms with Crippen LogP contribution in [0.15, 0.2) is 64.1 Å². The molecular formula is C49H73FO6. The number of hydrogen-bond acceptors (Lipinski definition) is 6. The van der Waals surface area contributed by atoms with Gasteiger partial charge in [-0.25, -0.2) is 4.39 Å². The number of hydrogen-bond donors (Lipinski definition) is 0. The molecule has 6 heterocycles. The van der Waals surface area contributed by atoms with E-state index in [4.69, 9.17) is 26.5 Å². The minimum Gasteiger partial charge on any atom is -0.469 e. The molecule has 0 amide bonds. The monoisotopic (exact) mass is 777 g/mol. The van der Waals surface area contributed by atoms with Crippen molar-refractivity contribution in [1.82, 2.24) is 0 Å². The summed E-state index contributed by atoms with van der Waals surface area (Å²) in [7, 11) is 0. The maximum absolute atomic E-state index is 12.6. The second kappa shape index (κ2) is 23.0. The largest absolute Gasteiger partial charge is 0.469 e. The van der Waals surface area contributed by atoms with Gasteiger partial charge >= 0.3 is 0 Å². The van der Waals surface area contributed by atoms with Gasteiger partial charge in [-0.1, -0.05) is 55.4 Å². The highest BCUT2D eigenvalue weighted by Gasteiger charge is 2.12. The summed E-state index contributed by atoms with van der Waals surface area (Å²) in [6.07, 6.45) is 10.3. The second-order valence-corrected chi connectivity index (χ2v) is 16.0.